The quantitative estimate of drug-likeness (QED) is 0.840. The first-order valence-electron chi connectivity index (χ1n) is 9.37. The largest absolute Gasteiger partial charge is 0.303 e. The number of rotatable bonds is 5. The van der Waals surface area contributed by atoms with E-state index in [2.05, 4.69) is 57.2 Å². The molecule has 0 N–H and O–H groups in total. The smallest absolute Gasteiger partial charge is 0.0619 e. The molecule has 0 bridgehead atoms. The molecule has 4 rings (SSSR count). The van der Waals surface area contributed by atoms with Gasteiger partial charge in [-0.2, -0.15) is 0 Å². The number of likely N-dealkylation sites (tertiary alicyclic amines) is 1. The van der Waals surface area contributed by atoms with Crippen LogP contribution in [0.1, 0.15) is 42.1 Å². The van der Waals surface area contributed by atoms with Crippen molar-refractivity contribution in [3.8, 4) is 0 Å². The number of pyridine rings is 1. The molecule has 2 aromatic rings. The van der Waals surface area contributed by atoms with Crippen molar-refractivity contribution in [3.05, 3.63) is 65.5 Å². The molecule has 3 nitrogen and oxygen atoms in total. The first-order chi connectivity index (χ1) is 11.9. The summed E-state index contributed by atoms with van der Waals surface area (Å²) >= 11 is 0. The lowest BCUT2D eigenvalue weighted by Crippen LogP contribution is -2.38. The van der Waals surface area contributed by atoms with Crippen LogP contribution in [0.15, 0.2) is 48.7 Å². The zero-order chi connectivity index (χ0) is 16.2. The van der Waals surface area contributed by atoms with Crippen LogP contribution in [0.5, 0.6) is 0 Å². The molecule has 24 heavy (non-hydrogen) atoms. The van der Waals surface area contributed by atoms with Gasteiger partial charge in [-0.05, 0) is 56.1 Å². The van der Waals surface area contributed by atoms with Crippen molar-refractivity contribution in [1.29, 1.82) is 0 Å². The second-order valence-electron chi connectivity index (χ2n) is 7.04. The summed E-state index contributed by atoms with van der Waals surface area (Å²) in [5, 5.41) is 0. The Kier molecular flexibility index (Phi) is 4.91. The molecule has 3 heteroatoms. The summed E-state index contributed by atoms with van der Waals surface area (Å²) in [6, 6.07) is 15.7. The first kappa shape index (κ1) is 15.8. The molecule has 0 saturated carbocycles. The molecule has 2 aliphatic heterocycles. The molecule has 0 aliphatic carbocycles. The van der Waals surface area contributed by atoms with Crippen LogP contribution in [0.25, 0.3) is 0 Å². The minimum absolute atomic E-state index is 0.363. The highest BCUT2D eigenvalue weighted by molar-refractivity contribution is 5.36. The lowest BCUT2D eigenvalue weighted by atomic mass is 9.91. The van der Waals surface area contributed by atoms with Gasteiger partial charge in [-0.3, -0.25) is 9.88 Å². The highest BCUT2D eigenvalue weighted by Crippen LogP contribution is 2.34. The van der Waals surface area contributed by atoms with E-state index in [1.807, 2.05) is 6.20 Å². The number of aromatic nitrogens is 1. The Morgan fingerprint density at radius 2 is 1.75 bits per heavy atom. The molecular formula is C21H27N3. The molecule has 1 fully saturated rings. The molecule has 3 heterocycles. The Morgan fingerprint density at radius 3 is 2.58 bits per heavy atom. The Labute approximate surface area is 145 Å². The third-order valence-electron chi connectivity index (χ3n) is 5.45. The Hall–Kier alpha value is -1.71. The van der Waals surface area contributed by atoms with Gasteiger partial charge >= 0.3 is 0 Å². The fourth-order valence-electron chi connectivity index (χ4n) is 4.25. The number of benzene rings is 1. The number of nitrogens with zero attached hydrogens (tertiary/aromatic N) is 3. The number of hydrogen-bond acceptors (Lipinski definition) is 3. The molecule has 0 spiro atoms. The van der Waals surface area contributed by atoms with Crippen LogP contribution in [0.4, 0.5) is 0 Å². The second kappa shape index (κ2) is 7.45. The van der Waals surface area contributed by atoms with Crippen LogP contribution in [0, 0.1) is 0 Å². The van der Waals surface area contributed by atoms with Crippen molar-refractivity contribution in [2.24, 2.45) is 0 Å². The molecule has 2 aliphatic rings. The van der Waals surface area contributed by atoms with Gasteiger partial charge in [0.2, 0.25) is 0 Å². The summed E-state index contributed by atoms with van der Waals surface area (Å²) in [5.41, 5.74) is 4.07. The van der Waals surface area contributed by atoms with Crippen molar-refractivity contribution in [2.45, 2.75) is 31.7 Å². The van der Waals surface area contributed by atoms with Crippen molar-refractivity contribution in [1.82, 2.24) is 14.8 Å². The monoisotopic (exact) mass is 321 g/mol. The molecule has 126 valence electrons. The topological polar surface area (TPSA) is 19.4 Å². The maximum Gasteiger partial charge on any atom is 0.0619 e. The predicted molar refractivity (Wildman–Crippen MR) is 98.1 cm³/mol. The van der Waals surface area contributed by atoms with E-state index in [0.717, 1.165) is 13.0 Å². The third-order valence-corrected chi connectivity index (χ3v) is 5.45. The minimum Gasteiger partial charge on any atom is -0.303 e. The highest BCUT2D eigenvalue weighted by Gasteiger charge is 2.28. The van der Waals surface area contributed by atoms with E-state index in [4.69, 9.17) is 0 Å². The molecule has 1 unspecified atom stereocenters. The summed E-state index contributed by atoms with van der Waals surface area (Å²) in [6.45, 7) is 6.13. The van der Waals surface area contributed by atoms with Gasteiger partial charge in [0.1, 0.15) is 0 Å². The van der Waals surface area contributed by atoms with Gasteiger partial charge < -0.3 is 4.90 Å². The van der Waals surface area contributed by atoms with E-state index in [9.17, 15) is 0 Å². The Bertz CT molecular complexity index is 649. The fourth-order valence-corrected chi connectivity index (χ4v) is 4.25. The Morgan fingerprint density at radius 1 is 0.917 bits per heavy atom. The summed E-state index contributed by atoms with van der Waals surface area (Å²) < 4.78 is 0. The van der Waals surface area contributed by atoms with Crippen LogP contribution < -0.4 is 0 Å². The van der Waals surface area contributed by atoms with Crippen LogP contribution in [-0.4, -0.2) is 47.5 Å². The van der Waals surface area contributed by atoms with E-state index in [-0.39, 0.29) is 0 Å². The summed E-state index contributed by atoms with van der Waals surface area (Å²) in [5.74, 6) is 0. The maximum atomic E-state index is 4.64. The first-order valence-corrected chi connectivity index (χ1v) is 9.37. The highest BCUT2D eigenvalue weighted by atomic mass is 15.2. The molecule has 1 saturated heterocycles. The number of fused-ring (bicyclic) bond motifs is 1. The van der Waals surface area contributed by atoms with Crippen molar-refractivity contribution < 1.29 is 0 Å². The standard InChI is InChI=1S/C21H27N3/c1-2-8-18(9-3-1)21-19-10-6-12-22-20(19)11-17-24(21)16-7-15-23-13-4-5-14-23/h1-3,6,8-10,12,21H,4-5,7,11,13-17H2. The lowest BCUT2D eigenvalue weighted by molar-refractivity contribution is 0.196. The minimum atomic E-state index is 0.363. The molecule has 1 atom stereocenters. The third kappa shape index (κ3) is 3.38. The van der Waals surface area contributed by atoms with Crippen LogP contribution >= 0.6 is 0 Å². The van der Waals surface area contributed by atoms with Gasteiger partial charge in [-0.15, -0.1) is 0 Å². The van der Waals surface area contributed by atoms with Crippen molar-refractivity contribution >= 4 is 0 Å². The van der Waals surface area contributed by atoms with E-state index in [1.165, 1.54) is 62.3 Å². The van der Waals surface area contributed by atoms with Gasteiger partial charge in [0, 0.05) is 31.4 Å². The van der Waals surface area contributed by atoms with Gasteiger partial charge in [0.25, 0.3) is 0 Å². The van der Waals surface area contributed by atoms with Crippen LogP contribution in [0.3, 0.4) is 0 Å². The summed E-state index contributed by atoms with van der Waals surface area (Å²) in [6.07, 6.45) is 7.04. The van der Waals surface area contributed by atoms with Crippen LogP contribution in [0.2, 0.25) is 0 Å². The maximum absolute atomic E-state index is 4.64. The molecule has 1 aromatic carbocycles. The van der Waals surface area contributed by atoms with E-state index in [1.54, 1.807) is 0 Å². The van der Waals surface area contributed by atoms with Gasteiger partial charge in [-0.25, -0.2) is 0 Å². The number of hydrogen-bond donors (Lipinski definition) is 0. The van der Waals surface area contributed by atoms with Gasteiger partial charge in [0.15, 0.2) is 0 Å². The van der Waals surface area contributed by atoms with Gasteiger partial charge in [0.05, 0.1) is 6.04 Å². The molecule has 0 radical (unpaired) electrons. The van der Waals surface area contributed by atoms with E-state index < -0.39 is 0 Å². The summed E-state index contributed by atoms with van der Waals surface area (Å²) in [4.78, 5) is 9.92. The van der Waals surface area contributed by atoms with Gasteiger partial charge in [-0.1, -0.05) is 36.4 Å². The SMILES string of the molecule is c1ccc(C2c3cccnc3CCN2CCCN2CCCC2)cc1. The molecule has 0 amide bonds. The molecular weight excluding hydrogens is 294 g/mol. The normalized spacial score (nSPS) is 21.8. The lowest BCUT2D eigenvalue weighted by Gasteiger charge is -2.37. The van der Waals surface area contributed by atoms with E-state index >= 15 is 0 Å². The van der Waals surface area contributed by atoms with E-state index in [0.29, 0.717) is 6.04 Å². The fraction of sp³-hybridized carbons (Fsp3) is 0.476. The molecule has 1 aromatic heterocycles. The van der Waals surface area contributed by atoms with Crippen molar-refractivity contribution in [3.63, 3.8) is 0 Å². The second-order valence-corrected chi connectivity index (χ2v) is 7.04. The average Bonchev–Trinajstić information content (AvgIpc) is 3.15. The predicted octanol–water partition coefficient (Wildman–Crippen LogP) is 3.52. The zero-order valence-electron chi connectivity index (χ0n) is 14.4. The zero-order valence-corrected chi connectivity index (χ0v) is 14.4. The Balaban J connectivity index is 1.52. The average molecular weight is 321 g/mol. The summed E-state index contributed by atoms with van der Waals surface area (Å²) in [7, 11) is 0. The van der Waals surface area contributed by atoms with Crippen molar-refractivity contribution in [2.75, 3.05) is 32.7 Å². The van der Waals surface area contributed by atoms with Crippen LogP contribution in [-0.2, 0) is 6.42 Å².